The Hall–Kier alpha value is -0.770. The Morgan fingerprint density at radius 1 is 1.40 bits per heavy atom. The van der Waals surface area contributed by atoms with E-state index in [2.05, 4.69) is 23.7 Å². The van der Waals surface area contributed by atoms with Gasteiger partial charge in [0.25, 0.3) is 0 Å². The van der Waals surface area contributed by atoms with E-state index in [1.54, 1.807) is 0 Å². The molecule has 4 nitrogen and oxygen atoms in total. The van der Waals surface area contributed by atoms with E-state index in [1.807, 2.05) is 0 Å². The van der Waals surface area contributed by atoms with Crippen LogP contribution < -0.4 is 5.73 Å². The van der Waals surface area contributed by atoms with Crippen molar-refractivity contribution in [1.82, 2.24) is 4.90 Å². The average Bonchev–Trinajstić information content (AvgIpc) is 2.25. The standard InChI is InChI=1S/C11H23N3O/c1-10(2)4-3-5-13-11(12)14-6-8-15-9-7-14/h10H,3-9H2,1-2H3,(H2,12,13). The first-order valence-corrected chi connectivity index (χ1v) is 5.82. The normalized spacial score (nSPS) is 18.6. The lowest BCUT2D eigenvalue weighted by molar-refractivity contribution is 0.0674. The second-order valence-corrected chi connectivity index (χ2v) is 4.38. The first-order valence-electron chi connectivity index (χ1n) is 5.82. The number of hydrogen-bond donors (Lipinski definition) is 1. The molecule has 1 aliphatic rings. The molecule has 0 radical (unpaired) electrons. The van der Waals surface area contributed by atoms with Gasteiger partial charge in [-0.05, 0) is 18.8 Å². The van der Waals surface area contributed by atoms with Crippen molar-refractivity contribution >= 4 is 5.96 Å². The van der Waals surface area contributed by atoms with E-state index in [4.69, 9.17) is 10.5 Å². The van der Waals surface area contributed by atoms with E-state index in [-0.39, 0.29) is 0 Å². The lowest BCUT2D eigenvalue weighted by Crippen LogP contribution is -2.44. The first-order chi connectivity index (χ1) is 7.20. The molecule has 0 saturated carbocycles. The molecule has 0 aromatic carbocycles. The molecule has 0 spiro atoms. The fraction of sp³-hybridized carbons (Fsp3) is 0.909. The topological polar surface area (TPSA) is 50.8 Å². The van der Waals surface area contributed by atoms with Gasteiger partial charge < -0.3 is 15.4 Å². The molecule has 1 fully saturated rings. The van der Waals surface area contributed by atoms with Crippen molar-refractivity contribution in [2.45, 2.75) is 26.7 Å². The van der Waals surface area contributed by atoms with Crippen LogP contribution in [0.25, 0.3) is 0 Å². The minimum Gasteiger partial charge on any atom is -0.378 e. The second-order valence-electron chi connectivity index (χ2n) is 4.38. The number of guanidine groups is 1. The highest BCUT2D eigenvalue weighted by molar-refractivity contribution is 5.78. The number of rotatable bonds is 4. The summed E-state index contributed by atoms with van der Waals surface area (Å²) < 4.78 is 5.25. The Morgan fingerprint density at radius 3 is 2.67 bits per heavy atom. The number of hydrogen-bond acceptors (Lipinski definition) is 2. The zero-order chi connectivity index (χ0) is 11.1. The van der Waals surface area contributed by atoms with E-state index in [9.17, 15) is 0 Å². The number of aliphatic imine (C=N–C) groups is 1. The Balaban J connectivity index is 2.19. The van der Waals surface area contributed by atoms with Gasteiger partial charge in [-0.3, -0.25) is 4.99 Å². The lowest BCUT2D eigenvalue weighted by Gasteiger charge is -2.27. The molecule has 1 saturated heterocycles. The largest absolute Gasteiger partial charge is 0.378 e. The summed E-state index contributed by atoms with van der Waals surface area (Å²) in [4.78, 5) is 6.48. The highest BCUT2D eigenvalue weighted by atomic mass is 16.5. The van der Waals surface area contributed by atoms with E-state index in [0.29, 0.717) is 5.96 Å². The molecular formula is C11H23N3O. The summed E-state index contributed by atoms with van der Waals surface area (Å²) in [6.45, 7) is 8.59. The van der Waals surface area contributed by atoms with Crippen LogP contribution in [0, 0.1) is 5.92 Å². The third-order valence-corrected chi connectivity index (χ3v) is 2.55. The lowest BCUT2D eigenvalue weighted by atomic mass is 10.1. The van der Waals surface area contributed by atoms with Crippen LogP contribution in [-0.2, 0) is 4.74 Å². The summed E-state index contributed by atoms with van der Waals surface area (Å²) >= 11 is 0. The molecule has 0 amide bonds. The minimum atomic E-state index is 0.682. The summed E-state index contributed by atoms with van der Waals surface area (Å²) in [5, 5.41) is 0. The molecule has 0 aromatic rings. The fourth-order valence-electron chi connectivity index (χ4n) is 1.59. The second kappa shape index (κ2) is 6.67. The highest BCUT2D eigenvalue weighted by Crippen LogP contribution is 2.03. The van der Waals surface area contributed by atoms with Gasteiger partial charge in [-0.15, -0.1) is 0 Å². The Kier molecular flexibility index (Phi) is 5.47. The summed E-state index contributed by atoms with van der Waals surface area (Å²) in [6.07, 6.45) is 2.35. The Labute approximate surface area is 92.5 Å². The van der Waals surface area contributed by atoms with Gasteiger partial charge in [0.2, 0.25) is 0 Å². The molecule has 0 bridgehead atoms. The van der Waals surface area contributed by atoms with Gasteiger partial charge in [0.1, 0.15) is 0 Å². The maximum atomic E-state index is 5.89. The van der Waals surface area contributed by atoms with E-state index in [1.165, 1.54) is 6.42 Å². The van der Waals surface area contributed by atoms with Crippen LogP contribution in [0.4, 0.5) is 0 Å². The molecule has 1 rings (SSSR count). The molecule has 0 unspecified atom stereocenters. The maximum absolute atomic E-state index is 5.89. The molecule has 15 heavy (non-hydrogen) atoms. The van der Waals surface area contributed by atoms with Gasteiger partial charge >= 0.3 is 0 Å². The number of nitrogens with two attached hydrogens (primary N) is 1. The Bertz CT molecular complexity index is 198. The Morgan fingerprint density at radius 2 is 2.07 bits per heavy atom. The number of nitrogens with zero attached hydrogens (tertiary/aromatic N) is 2. The van der Waals surface area contributed by atoms with Gasteiger partial charge in [-0.1, -0.05) is 13.8 Å². The van der Waals surface area contributed by atoms with Gasteiger partial charge in [0.05, 0.1) is 13.2 Å². The van der Waals surface area contributed by atoms with Crippen LogP contribution in [0.15, 0.2) is 4.99 Å². The summed E-state index contributed by atoms with van der Waals surface area (Å²) in [5.41, 5.74) is 5.89. The van der Waals surface area contributed by atoms with Crippen LogP contribution in [0.3, 0.4) is 0 Å². The molecule has 4 heteroatoms. The quantitative estimate of drug-likeness (QED) is 0.432. The van der Waals surface area contributed by atoms with E-state index < -0.39 is 0 Å². The summed E-state index contributed by atoms with van der Waals surface area (Å²) in [7, 11) is 0. The molecule has 0 aliphatic carbocycles. The van der Waals surface area contributed by atoms with E-state index >= 15 is 0 Å². The molecule has 88 valence electrons. The van der Waals surface area contributed by atoms with Gasteiger partial charge in [-0.25, -0.2) is 0 Å². The molecule has 1 heterocycles. The molecule has 1 aliphatic heterocycles. The van der Waals surface area contributed by atoms with Gasteiger partial charge in [-0.2, -0.15) is 0 Å². The molecular weight excluding hydrogens is 190 g/mol. The van der Waals surface area contributed by atoms with Crippen molar-refractivity contribution in [3.8, 4) is 0 Å². The van der Waals surface area contributed by atoms with Crippen molar-refractivity contribution in [3.63, 3.8) is 0 Å². The average molecular weight is 213 g/mol. The predicted octanol–water partition coefficient (Wildman–Crippen LogP) is 1.07. The highest BCUT2D eigenvalue weighted by Gasteiger charge is 2.11. The van der Waals surface area contributed by atoms with Crippen LogP contribution in [0.5, 0.6) is 0 Å². The summed E-state index contributed by atoms with van der Waals surface area (Å²) in [6, 6.07) is 0. The van der Waals surface area contributed by atoms with Crippen molar-refractivity contribution in [1.29, 1.82) is 0 Å². The van der Waals surface area contributed by atoms with E-state index in [0.717, 1.165) is 45.2 Å². The van der Waals surface area contributed by atoms with Gasteiger partial charge in [0.15, 0.2) is 5.96 Å². The van der Waals surface area contributed by atoms with Crippen LogP contribution in [-0.4, -0.2) is 43.7 Å². The van der Waals surface area contributed by atoms with Crippen molar-refractivity contribution in [2.24, 2.45) is 16.6 Å². The SMILES string of the molecule is CC(C)CCCN=C(N)N1CCOCC1. The van der Waals surface area contributed by atoms with Crippen molar-refractivity contribution < 1.29 is 4.74 Å². The number of morpholine rings is 1. The third-order valence-electron chi connectivity index (χ3n) is 2.55. The van der Waals surface area contributed by atoms with Crippen molar-refractivity contribution in [2.75, 3.05) is 32.8 Å². The predicted molar refractivity (Wildman–Crippen MR) is 63.0 cm³/mol. The van der Waals surface area contributed by atoms with Crippen molar-refractivity contribution in [3.05, 3.63) is 0 Å². The zero-order valence-electron chi connectivity index (χ0n) is 9.91. The smallest absolute Gasteiger partial charge is 0.191 e. The third kappa shape index (κ3) is 5.02. The maximum Gasteiger partial charge on any atom is 0.191 e. The number of ether oxygens (including phenoxy) is 1. The van der Waals surface area contributed by atoms with Crippen LogP contribution in [0.1, 0.15) is 26.7 Å². The van der Waals surface area contributed by atoms with Gasteiger partial charge in [0, 0.05) is 19.6 Å². The molecule has 2 N–H and O–H groups in total. The molecule has 0 atom stereocenters. The minimum absolute atomic E-state index is 0.682. The summed E-state index contributed by atoms with van der Waals surface area (Å²) in [5.74, 6) is 1.44. The molecule has 0 aromatic heterocycles. The fourth-order valence-corrected chi connectivity index (χ4v) is 1.59. The van der Waals surface area contributed by atoms with Crippen LogP contribution >= 0.6 is 0 Å². The van der Waals surface area contributed by atoms with Crippen LogP contribution in [0.2, 0.25) is 0 Å². The first kappa shape index (κ1) is 12.3. The zero-order valence-corrected chi connectivity index (χ0v) is 9.91. The monoisotopic (exact) mass is 213 g/mol.